The second kappa shape index (κ2) is 9.10. The lowest BCUT2D eigenvalue weighted by molar-refractivity contribution is 0.0535. The van der Waals surface area contributed by atoms with Crippen molar-refractivity contribution in [3.63, 3.8) is 0 Å². The number of cyclic esters (lactones) is 1. The molecule has 4 rings (SSSR count). The molecule has 0 spiro atoms. The average Bonchev–Trinajstić information content (AvgIpc) is 3.40. The molecule has 168 valence electrons. The zero-order valence-electron chi connectivity index (χ0n) is 18.1. The Hall–Kier alpha value is -4.23. The van der Waals surface area contributed by atoms with Crippen molar-refractivity contribution in [2.75, 3.05) is 6.54 Å². The number of carbonyl (C=O) groups is 2. The third kappa shape index (κ3) is 4.53. The minimum atomic E-state index is -1.14. The Morgan fingerprint density at radius 1 is 1.36 bits per heavy atom. The van der Waals surface area contributed by atoms with Gasteiger partial charge in [-0.15, -0.1) is 0 Å². The topological polar surface area (TPSA) is 142 Å². The number of hydrogen-bond donors (Lipinski definition) is 3. The maximum Gasteiger partial charge on any atom is 0.405 e. The molecule has 0 aliphatic carbocycles. The van der Waals surface area contributed by atoms with E-state index in [-0.39, 0.29) is 12.6 Å². The minimum absolute atomic E-state index is 0.198. The first-order valence-corrected chi connectivity index (χ1v) is 10.3. The van der Waals surface area contributed by atoms with Crippen LogP contribution in [0.2, 0.25) is 0 Å². The van der Waals surface area contributed by atoms with Gasteiger partial charge in [0, 0.05) is 36.6 Å². The number of hydrogen-bond acceptors (Lipinski definition) is 7. The number of aryl methyl sites for hydroxylation is 1. The van der Waals surface area contributed by atoms with Crippen LogP contribution in [0.1, 0.15) is 49.8 Å². The van der Waals surface area contributed by atoms with Crippen LogP contribution in [0.25, 0.3) is 5.82 Å². The van der Waals surface area contributed by atoms with E-state index in [1.54, 1.807) is 29.1 Å². The van der Waals surface area contributed by atoms with E-state index in [1.807, 2.05) is 20.0 Å². The van der Waals surface area contributed by atoms with Gasteiger partial charge >= 0.3 is 12.1 Å². The maximum absolute atomic E-state index is 11.8. The predicted octanol–water partition coefficient (Wildman–Crippen LogP) is 2.52. The van der Waals surface area contributed by atoms with Crippen molar-refractivity contribution in [1.82, 2.24) is 25.4 Å². The third-order valence-corrected chi connectivity index (χ3v) is 5.65. The van der Waals surface area contributed by atoms with Gasteiger partial charge in [-0.3, -0.25) is 0 Å². The second-order valence-electron chi connectivity index (χ2n) is 7.78. The molecule has 0 saturated heterocycles. The number of nitrogens with one attached hydrogen (secondary N) is 2. The zero-order valence-corrected chi connectivity index (χ0v) is 18.1. The number of fused-ring (bicyclic) bond motifs is 1. The molecule has 0 saturated carbocycles. The SMILES string of the molecule is Cc1cc(-n2cc(CNCC(NC(=O)O)c3ccc4c(c3C)COC4=O)cn2)ncc1C#N. The molecule has 3 aromatic rings. The molecule has 1 aromatic carbocycles. The van der Waals surface area contributed by atoms with Crippen molar-refractivity contribution in [2.24, 2.45) is 0 Å². The molecule has 1 aliphatic rings. The van der Waals surface area contributed by atoms with E-state index in [1.165, 1.54) is 6.20 Å². The fraction of sp³-hybridized carbons (Fsp3) is 0.261. The van der Waals surface area contributed by atoms with E-state index in [2.05, 4.69) is 26.8 Å². The molecule has 1 amide bonds. The van der Waals surface area contributed by atoms with Gasteiger partial charge in [0.15, 0.2) is 5.82 Å². The fourth-order valence-corrected chi connectivity index (χ4v) is 3.85. The highest BCUT2D eigenvalue weighted by atomic mass is 16.5. The van der Waals surface area contributed by atoms with Gasteiger partial charge in [0.05, 0.1) is 23.4 Å². The Balaban J connectivity index is 1.45. The molecule has 0 radical (unpaired) electrons. The Bertz CT molecular complexity index is 1280. The van der Waals surface area contributed by atoms with Crippen molar-refractivity contribution in [3.8, 4) is 11.9 Å². The highest BCUT2D eigenvalue weighted by Crippen LogP contribution is 2.29. The van der Waals surface area contributed by atoms with Crippen LogP contribution in [-0.2, 0) is 17.9 Å². The molecule has 0 fully saturated rings. The molecule has 2 aromatic heterocycles. The number of carboxylic acid groups (broad SMARTS) is 1. The summed E-state index contributed by atoms with van der Waals surface area (Å²) >= 11 is 0. The number of esters is 1. The van der Waals surface area contributed by atoms with E-state index >= 15 is 0 Å². The molecule has 10 nitrogen and oxygen atoms in total. The predicted molar refractivity (Wildman–Crippen MR) is 117 cm³/mol. The summed E-state index contributed by atoms with van der Waals surface area (Å²) in [6, 6.07) is 6.82. The van der Waals surface area contributed by atoms with Gasteiger partial charge < -0.3 is 20.5 Å². The number of aromatic nitrogens is 3. The number of nitrogens with zero attached hydrogens (tertiary/aromatic N) is 4. The molecule has 3 heterocycles. The van der Waals surface area contributed by atoms with Crippen LogP contribution in [0.15, 0.2) is 36.8 Å². The summed E-state index contributed by atoms with van der Waals surface area (Å²) in [7, 11) is 0. The molecular weight excluding hydrogens is 424 g/mol. The number of ether oxygens (including phenoxy) is 1. The largest absolute Gasteiger partial charge is 0.465 e. The minimum Gasteiger partial charge on any atom is -0.465 e. The Morgan fingerprint density at radius 3 is 2.91 bits per heavy atom. The first-order chi connectivity index (χ1) is 15.9. The maximum atomic E-state index is 11.8. The molecule has 3 N–H and O–H groups in total. The highest BCUT2D eigenvalue weighted by molar-refractivity contribution is 5.94. The van der Waals surface area contributed by atoms with Crippen LogP contribution in [-0.4, -0.2) is 38.5 Å². The van der Waals surface area contributed by atoms with E-state index in [4.69, 9.17) is 10.00 Å². The van der Waals surface area contributed by atoms with Crippen LogP contribution < -0.4 is 10.6 Å². The van der Waals surface area contributed by atoms with Crippen molar-refractivity contribution >= 4 is 12.1 Å². The number of carbonyl (C=O) groups excluding carboxylic acids is 1. The number of benzene rings is 1. The zero-order chi connectivity index (χ0) is 23.5. The smallest absolute Gasteiger partial charge is 0.405 e. The quantitative estimate of drug-likeness (QED) is 0.470. The monoisotopic (exact) mass is 446 g/mol. The Labute approximate surface area is 189 Å². The standard InChI is InChI=1S/C23H22N6O4/c1-13-5-21(26-9-16(13)6-24)29-11-15(8-27-29)7-25-10-20(28-23(31)32)17-3-4-18-19(14(17)2)12-33-22(18)30/h3-5,8-9,11,20,25,28H,7,10,12H2,1-2H3,(H,31,32). The third-order valence-electron chi connectivity index (χ3n) is 5.65. The van der Waals surface area contributed by atoms with Gasteiger partial charge in [-0.25, -0.2) is 19.3 Å². The number of rotatable bonds is 7. The van der Waals surface area contributed by atoms with Crippen LogP contribution in [0.5, 0.6) is 0 Å². The number of amides is 1. The van der Waals surface area contributed by atoms with E-state index < -0.39 is 12.1 Å². The summed E-state index contributed by atoms with van der Waals surface area (Å²) in [5.41, 5.74) is 5.17. The molecular formula is C23H22N6O4. The Kier molecular flexibility index (Phi) is 6.06. The first kappa shape index (κ1) is 22.0. The summed E-state index contributed by atoms with van der Waals surface area (Å²) in [5.74, 6) is 0.248. The van der Waals surface area contributed by atoms with Gasteiger partial charge in [-0.1, -0.05) is 6.07 Å². The van der Waals surface area contributed by atoms with Gasteiger partial charge in [0.2, 0.25) is 0 Å². The normalized spacial score (nSPS) is 13.2. The van der Waals surface area contributed by atoms with Gasteiger partial charge in [0.1, 0.15) is 12.7 Å². The van der Waals surface area contributed by atoms with Crippen molar-refractivity contribution in [3.05, 3.63) is 75.7 Å². The average molecular weight is 446 g/mol. The number of nitriles is 1. The summed E-state index contributed by atoms with van der Waals surface area (Å²) in [5, 5.41) is 28.5. The van der Waals surface area contributed by atoms with Gasteiger partial charge in [0.25, 0.3) is 0 Å². The van der Waals surface area contributed by atoms with Gasteiger partial charge in [-0.2, -0.15) is 10.4 Å². The molecule has 33 heavy (non-hydrogen) atoms. The molecule has 1 aliphatic heterocycles. The van der Waals surface area contributed by atoms with Crippen molar-refractivity contribution < 1.29 is 19.4 Å². The molecule has 1 unspecified atom stereocenters. The van der Waals surface area contributed by atoms with E-state index in [0.717, 1.165) is 27.8 Å². The highest BCUT2D eigenvalue weighted by Gasteiger charge is 2.26. The summed E-state index contributed by atoms with van der Waals surface area (Å²) in [6.07, 6.45) is 3.91. The van der Waals surface area contributed by atoms with Crippen LogP contribution in [0, 0.1) is 25.2 Å². The van der Waals surface area contributed by atoms with Crippen LogP contribution >= 0.6 is 0 Å². The first-order valence-electron chi connectivity index (χ1n) is 10.3. The number of pyridine rings is 1. The Morgan fingerprint density at radius 2 is 2.18 bits per heavy atom. The second-order valence-corrected chi connectivity index (χ2v) is 7.78. The van der Waals surface area contributed by atoms with E-state index in [9.17, 15) is 14.7 Å². The fourth-order valence-electron chi connectivity index (χ4n) is 3.85. The van der Waals surface area contributed by atoms with Gasteiger partial charge in [-0.05, 0) is 42.7 Å². The lowest BCUT2D eigenvalue weighted by Crippen LogP contribution is -2.35. The summed E-state index contributed by atoms with van der Waals surface area (Å²) in [6.45, 7) is 4.69. The lowest BCUT2D eigenvalue weighted by atomic mass is 9.94. The summed E-state index contributed by atoms with van der Waals surface area (Å²) in [4.78, 5) is 27.4. The van der Waals surface area contributed by atoms with Crippen molar-refractivity contribution in [1.29, 1.82) is 5.26 Å². The van der Waals surface area contributed by atoms with Crippen LogP contribution in [0.3, 0.4) is 0 Å². The molecule has 0 bridgehead atoms. The van der Waals surface area contributed by atoms with Crippen LogP contribution in [0.4, 0.5) is 4.79 Å². The molecule has 1 atom stereocenters. The lowest BCUT2D eigenvalue weighted by Gasteiger charge is -2.21. The van der Waals surface area contributed by atoms with Crippen molar-refractivity contribution in [2.45, 2.75) is 33.0 Å². The van der Waals surface area contributed by atoms with E-state index in [0.29, 0.717) is 30.0 Å². The molecule has 10 heteroatoms. The summed E-state index contributed by atoms with van der Waals surface area (Å²) < 4.78 is 6.72.